The van der Waals surface area contributed by atoms with Crippen LogP contribution < -0.4 is 14.8 Å². The molecule has 3 aromatic rings. The third kappa shape index (κ3) is 6.50. The van der Waals surface area contributed by atoms with E-state index in [1.165, 1.54) is 13.2 Å². The molecule has 1 N–H and O–H groups in total. The number of carbonyl (C=O) groups excluding carboxylic acids is 1. The number of nitriles is 1. The van der Waals surface area contributed by atoms with E-state index in [0.717, 1.165) is 14.7 Å². The zero-order valence-corrected chi connectivity index (χ0v) is 22.3. The maximum Gasteiger partial charge on any atom is 0.266 e. The second-order valence-electron chi connectivity index (χ2n) is 6.99. The Morgan fingerprint density at radius 1 is 1.24 bits per heavy atom. The average Bonchev–Trinajstić information content (AvgIpc) is 2.80. The highest BCUT2D eigenvalue weighted by Gasteiger charge is 2.15. The minimum absolute atomic E-state index is 0.0594. The van der Waals surface area contributed by atoms with Crippen molar-refractivity contribution in [3.8, 4) is 17.6 Å². The normalized spacial score (nSPS) is 11.0. The van der Waals surface area contributed by atoms with Gasteiger partial charge in [-0.2, -0.15) is 5.26 Å². The second-order valence-corrected chi connectivity index (χ2v) is 9.49. The molecule has 168 valence electrons. The molecule has 0 radical (unpaired) electrons. The van der Waals surface area contributed by atoms with Gasteiger partial charge in [0, 0.05) is 14.3 Å². The fourth-order valence-corrected chi connectivity index (χ4v) is 4.06. The van der Waals surface area contributed by atoms with Gasteiger partial charge in [-0.15, -0.1) is 0 Å². The van der Waals surface area contributed by atoms with Crippen LogP contribution in [0.1, 0.15) is 16.7 Å². The maximum atomic E-state index is 12.7. The molecule has 0 aliphatic heterocycles. The number of hydrogen-bond acceptors (Lipinski definition) is 4. The Hall–Kier alpha value is -2.54. The lowest BCUT2D eigenvalue weighted by molar-refractivity contribution is -0.112. The maximum absolute atomic E-state index is 12.7. The Bertz CT molecular complexity index is 1250. The molecule has 1 amide bonds. The first-order valence-corrected chi connectivity index (χ1v) is 12.0. The summed E-state index contributed by atoms with van der Waals surface area (Å²) in [6.45, 7) is 2.16. The first kappa shape index (κ1) is 25.1. The fraction of sp³-hybridized carbons (Fsp3) is 0.120. The quantitative estimate of drug-likeness (QED) is 0.170. The number of amides is 1. The van der Waals surface area contributed by atoms with Crippen molar-refractivity contribution in [3.05, 3.63) is 89.9 Å². The number of carbonyl (C=O) groups is 1. The summed E-state index contributed by atoms with van der Waals surface area (Å²) in [6.07, 6.45) is 1.49. The third-order valence-electron chi connectivity index (χ3n) is 4.74. The van der Waals surface area contributed by atoms with Crippen LogP contribution in [0.2, 0.25) is 5.02 Å². The van der Waals surface area contributed by atoms with Gasteiger partial charge in [-0.05, 0) is 105 Å². The third-order valence-corrected chi connectivity index (χ3v) is 6.46. The number of halogens is 3. The van der Waals surface area contributed by atoms with Crippen LogP contribution in [0.3, 0.4) is 0 Å². The summed E-state index contributed by atoms with van der Waals surface area (Å²) in [5, 5.41) is 12.8. The van der Waals surface area contributed by atoms with Crippen molar-refractivity contribution in [2.24, 2.45) is 0 Å². The Labute approximate surface area is 219 Å². The van der Waals surface area contributed by atoms with E-state index in [4.69, 9.17) is 21.1 Å². The van der Waals surface area contributed by atoms with Gasteiger partial charge in [0.25, 0.3) is 5.91 Å². The van der Waals surface area contributed by atoms with Crippen LogP contribution in [0.4, 0.5) is 5.69 Å². The van der Waals surface area contributed by atoms with Crippen LogP contribution in [0, 0.1) is 21.8 Å². The molecule has 33 heavy (non-hydrogen) atoms. The zero-order chi connectivity index (χ0) is 24.0. The monoisotopic (exact) mass is 636 g/mol. The molecule has 5 nitrogen and oxygen atoms in total. The molecular weight excluding hydrogens is 619 g/mol. The number of methoxy groups -OCH3 is 1. The fourth-order valence-electron chi connectivity index (χ4n) is 2.95. The molecule has 0 heterocycles. The van der Waals surface area contributed by atoms with Gasteiger partial charge < -0.3 is 14.8 Å². The van der Waals surface area contributed by atoms with E-state index in [1.54, 1.807) is 37.3 Å². The average molecular weight is 638 g/mol. The van der Waals surface area contributed by atoms with Crippen LogP contribution in [0.5, 0.6) is 11.5 Å². The number of anilines is 1. The summed E-state index contributed by atoms with van der Waals surface area (Å²) in [5.41, 5.74) is 2.84. The van der Waals surface area contributed by atoms with E-state index in [-0.39, 0.29) is 5.57 Å². The molecule has 0 aliphatic carbocycles. The smallest absolute Gasteiger partial charge is 0.266 e. The SMILES string of the molecule is COc1cc(/C=C(/C#N)C(=O)Nc2cccc(Cl)c2C)cc(Br)c1OCc1ccc(I)cc1. The second kappa shape index (κ2) is 11.5. The number of nitrogens with zero attached hydrogens (tertiary/aromatic N) is 1. The van der Waals surface area contributed by atoms with Gasteiger partial charge in [0.15, 0.2) is 11.5 Å². The first-order valence-electron chi connectivity index (χ1n) is 9.75. The first-order chi connectivity index (χ1) is 15.8. The van der Waals surface area contributed by atoms with Crippen molar-refractivity contribution < 1.29 is 14.3 Å². The van der Waals surface area contributed by atoms with Crippen LogP contribution >= 0.6 is 50.1 Å². The standard InChI is InChI=1S/C25H19BrClIN2O3/c1-15-21(27)4-3-5-22(15)30-25(31)18(13-29)10-17-11-20(26)24(23(12-17)32-2)33-14-16-6-8-19(28)9-7-16/h3-12H,14H2,1-2H3,(H,30,31)/b18-10-. The summed E-state index contributed by atoms with van der Waals surface area (Å²) >= 11 is 11.9. The van der Waals surface area contributed by atoms with Gasteiger partial charge >= 0.3 is 0 Å². The molecule has 0 fully saturated rings. The predicted molar refractivity (Wildman–Crippen MR) is 143 cm³/mol. The van der Waals surface area contributed by atoms with Crippen molar-refractivity contribution in [1.29, 1.82) is 5.26 Å². The molecule has 0 atom stereocenters. The van der Waals surface area contributed by atoms with Crippen molar-refractivity contribution in [2.45, 2.75) is 13.5 Å². The lowest BCUT2D eigenvalue weighted by Crippen LogP contribution is -2.14. The molecule has 0 bridgehead atoms. The van der Waals surface area contributed by atoms with Gasteiger partial charge in [0.05, 0.1) is 11.6 Å². The van der Waals surface area contributed by atoms with Gasteiger partial charge in [-0.25, -0.2) is 0 Å². The van der Waals surface area contributed by atoms with Crippen LogP contribution in [0.25, 0.3) is 6.08 Å². The van der Waals surface area contributed by atoms with E-state index < -0.39 is 5.91 Å². The molecule has 3 aromatic carbocycles. The number of ether oxygens (including phenoxy) is 2. The summed E-state index contributed by atoms with van der Waals surface area (Å²) in [4.78, 5) is 12.7. The van der Waals surface area contributed by atoms with Gasteiger partial charge in [-0.3, -0.25) is 4.79 Å². The highest BCUT2D eigenvalue weighted by molar-refractivity contribution is 14.1. The molecule has 0 spiro atoms. The molecule has 0 aromatic heterocycles. The topological polar surface area (TPSA) is 71.3 Å². The summed E-state index contributed by atoms with van der Waals surface area (Å²) in [7, 11) is 1.53. The van der Waals surface area contributed by atoms with Gasteiger partial charge in [0.1, 0.15) is 18.2 Å². The number of nitrogens with one attached hydrogen (secondary N) is 1. The molecule has 0 unspecified atom stereocenters. The van der Waals surface area contributed by atoms with Crippen LogP contribution in [-0.2, 0) is 11.4 Å². The lowest BCUT2D eigenvalue weighted by atomic mass is 10.1. The van der Waals surface area contributed by atoms with Crippen LogP contribution in [0.15, 0.2) is 64.6 Å². The molecule has 0 aliphatic rings. The Balaban J connectivity index is 1.83. The van der Waals surface area contributed by atoms with Gasteiger partial charge in [0.2, 0.25) is 0 Å². The van der Waals surface area contributed by atoms with Gasteiger partial charge in [-0.1, -0.05) is 29.8 Å². The number of benzene rings is 3. The molecule has 8 heteroatoms. The summed E-state index contributed by atoms with van der Waals surface area (Å²) in [5.74, 6) is 0.479. The Kier molecular flexibility index (Phi) is 8.78. The summed E-state index contributed by atoms with van der Waals surface area (Å²) in [6, 6.07) is 18.7. The highest BCUT2D eigenvalue weighted by atomic mass is 127. The zero-order valence-electron chi connectivity index (χ0n) is 17.8. The van der Waals surface area contributed by atoms with Crippen molar-refractivity contribution in [1.82, 2.24) is 0 Å². The Morgan fingerprint density at radius 3 is 2.64 bits per heavy atom. The summed E-state index contributed by atoms with van der Waals surface area (Å²) < 4.78 is 13.2. The minimum Gasteiger partial charge on any atom is -0.493 e. The largest absolute Gasteiger partial charge is 0.493 e. The van der Waals surface area contributed by atoms with E-state index in [1.807, 2.05) is 30.3 Å². The number of hydrogen-bond donors (Lipinski definition) is 1. The molecule has 0 saturated heterocycles. The van der Waals surface area contributed by atoms with E-state index in [9.17, 15) is 10.1 Å². The molecule has 0 saturated carbocycles. The minimum atomic E-state index is -0.531. The lowest BCUT2D eigenvalue weighted by Gasteiger charge is -2.14. The van der Waals surface area contributed by atoms with Crippen molar-refractivity contribution >= 4 is 67.8 Å². The molecular formula is C25H19BrClIN2O3. The van der Waals surface area contributed by atoms with Crippen molar-refractivity contribution in [3.63, 3.8) is 0 Å². The van der Waals surface area contributed by atoms with E-state index in [0.29, 0.717) is 38.9 Å². The van der Waals surface area contributed by atoms with Crippen LogP contribution in [-0.4, -0.2) is 13.0 Å². The van der Waals surface area contributed by atoms with E-state index >= 15 is 0 Å². The van der Waals surface area contributed by atoms with Crippen molar-refractivity contribution in [2.75, 3.05) is 12.4 Å². The number of rotatable bonds is 7. The highest BCUT2D eigenvalue weighted by Crippen LogP contribution is 2.38. The Morgan fingerprint density at radius 2 is 1.97 bits per heavy atom. The predicted octanol–water partition coefficient (Wildman–Crippen LogP) is 7.15. The van der Waals surface area contributed by atoms with E-state index in [2.05, 4.69) is 43.8 Å². The molecule has 3 rings (SSSR count).